The quantitative estimate of drug-likeness (QED) is 0.586. The fraction of sp³-hybridized carbons (Fsp3) is 0.611. The summed E-state index contributed by atoms with van der Waals surface area (Å²) in [5, 5.41) is 9.67. The van der Waals surface area contributed by atoms with Crippen molar-refractivity contribution in [1.29, 1.82) is 0 Å². The second kappa shape index (κ2) is 10.6. The van der Waals surface area contributed by atoms with Gasteiger partial charge in [-0.1, -0.05) is 35.5 Å². The van der Waals surface area contributed by atoms with Crippen LogP contribution in [0.2, 0.25) is 0 Å². The van der Waals surface area contributed by atoms with Crippen molar-refractivity contribution in [3.63, 3.8) is 0 Å². The summed E-state index contributed by atoms with van der Waals surface area (Å²) in [6.45, 7) is 11.5. The maximum Gasteiger partial charge on any atom is 0.130 e. The average Bonchev–Trinajstić information content (AvgIpc) is 2.35. The number of ketones is 1. The zero-order valence-corrected chi connectivity index (χ0v) is 13.5. The van der Waals surface area contributed by atoms with Gasteiger partial charge in [0.1, 0.15) is 5.78 Å². The van der Waals surface area contributed by atoms with Crippen molar-refractivity contribution in [3.05, 3.63) is 35.5 Å². The highest BCUT2D eigenvalue weighted by molar-refractivity contribution is 5.75. The van der Waals surface area contributed by atoms with E-state index in [2.05, 4.69) is 32.6 Å². The number of hydrogen-bond acceptors (Lipinski definition) is 2. The van der Waals surface area contributed by atoms with Crippen LogP contribution in [0.4, 0.5) is 0 Å². The van der Waals surface area contributed by atoms with Crippen molar-refractivity contribution in [2.24, 2.45) is 0 Å². The Balaban J connectivity index is 3.92. The lowest BCUT2D eigenvalue weighted by molar-refractivity contribution is -0.116. The Labute approximate surface area is 124 Å². The van der Waals surface area contributed by atoms with E-state index >= 15 is 0 Å². The smallest absolute Gasteiger partial charge is 0.130 e. The Bertz CT molecular complexity index is 375. The van der Waals surface area contributed by atoms with Crippen LogP contribution in [0.1, 0.15) is 66.2 Å². The van der Waals surface area contributed by atoms with E-state index in [-0.39, 0.29) is 11.9 Å². The Morgan fingerprint density at radius 2 is 1.50 bits per heavy atom. The van der Waals surface area contributed by atoms with Crippen molar-refractivity contribution >= 4 is 5.78 Å². The first-order valence-electron chi connectivity index (χ1n) is 7.47. The molecular weight excluding hydrogens is 248 g/mol. The minimum atomic E-state index is -0.383. The number of carbonyl (C=O) groups excluding carboxylic acids is 1. The van der Waals surface area contributed by atoms with Gasteiger partial charge in [0, 0.05) is 6.42 Å². The molecule has 1 N–H and O–H groups in total. The summed E-state index contributed by atoms with van der Waals surface area (Å²) in [4.78, 5) is 10.8. The van der Waals surface area contributed by atoms with E-state index in [9.17, 15) is 9.90 Å². The molecule has 0 rings (SSSR count). The number of hydrogen-bond donors (Lipinski definition) is 1. The molecular formula is C18H30O2. The first kappa shape index (κ1) is 18.9. The molecule has 114 valence electrons. The second-order valence-corrected chi connectivity index (χ2v) is 5.78. The molecule has 0 aromatic rings. The second-order valence-electron chi connectivity index (χ2n) is 5.78. The monoisotopic (exact) mass is 278 g/mol. The Hall–Kier alpha value is -1.15. The largest absolute Gasteiger partial charge is 0.389 e. The van der Waals surface area contributed by atoms with E-state index in [1.807, 2.05) is 6.92 Å². The molecule has 0 saturated heterocycles. The Morgan fingerprint density at radius 3 is 2.00 bits per heavy atom. The third-order valence-corrected chi connectivity index (χ3v) is 3.40. The van der Waals surface area contributed by atoms with Gasteiger partial charge in [0.15, 0.2) is 0 Å². The van der Waals surface area contributed by atoms with Crippen LogP contribution in [0.5, 0.6) is 0 Å². The molecule has 0 fully saturated rings. The lowest BCUT2D eigenvalue weighted by atomic mass is 10.0. The van der Waals surface area contributed by atoms with E-state index < -0.39 is 0 Å². The van der Waals surface area contributed by atoms with E-state index in [1.165, 1.54) is 11.1 Å². The predicted octanol–water partition coefficient (Wildman–Crippen LogP) is 4.75. The highest BCUT2D eigenvalue weighted by atomic mass is 16.3. The molecule has 0 spiro atoms. The molecule has 2 nitrogen and oxygen atoms in total. The van der Waals surface area contributed by atoms with Gasteiger partial charge in [-0.15, -0.1) is 0 Å². The van der Waals surface area contributed by atoms with E-state index in [0.29, 0.717) is 6.42 Å². The van der Waals surface area contributed by atoms with Gasteiger partial charge < -0.3 is 9.90 Å². The van der Waals surface area contributed by atoms with Crippen molar-refractivity contribution in [2.45, 2.75) is 72.3 Å². The number of carbonyl (C=O) groups is 1. The van der Waals surface area contributed by atoms with E-state index in [0.717, 1.165) is 37.7 Å². The van der Waals surface area contributed by atoms with Crippen LogP contribution in [0.3, 0.4) is 0 Å². The van der Waals surface area contributed by atoms with Gasteiger partial charge in [0.2, 0.25) is 0 Å². The molecule has 0 heterocycles. The summed E-state index contributed by atoms with van der Waals surface area (Å²) < 4.78 is 0. The van der Waals surface area contributed by atoms with Gasteiger partial charge >= 0.3 is 0 Å². The lowest BCUT2D eigenvalue weighted by Crippen LogP contribution is -2.06. The summed E-state index contributed by atoms with van der Waals surface area (Å²) in [7, 11) is 0. The first-order chi connectivity index (χ1) is 9.32. The lowest BCUT2D eigenvalue weighted by Gasteiger charge is -2.09. The number of aliphatic hydroxyl groups excluding tert-OH is 1. The van der Waals surface area contributed by atoms with Crippen LogP contribution in [0.25, 0.3) is 0 Å². The molecule has 2 heteroatoms. The summed E-state index contributed by atoms with van der Waals surface area (Å²) >= 11 is 0. The maximum atomic E-state index is 10.8. The van der Waals surface area contributed by atoms with Crippen LogP contribution in [0.15, 0.2) is 35.5 Å². The molecule has 0 aromatic carbocycles. The van der Waals surface area contributed by atoms with Gasteiger partial charge in [-0.2, -0.15) is 0 Å². The van der Waals surface area contributed by atoms with Crippen LogP contribution in [-0.2, 0) is 4.79 Å². The normalized spacial score (nSPS) is 14.2. The van der Waals surface area contributed by atoms with Crippen molar-refractivity contribution in [3.8, 4) is 0 Å². The van der Waals surface area contributed by atoms with Crippen molar-refractivity contribution in [1.82, 2.24) is 0 Å². The number of Topliss-reactive ketones (excluding diaryl/α,β-unsaturated/α-hetero) is 1. The van der Waals surface area contributed by atoms with Crippen molar-refractivity contribution < 1.29 is 9.90 Å². The molecule has 1 atom stereocenters. The first-order valence-corrected chi connectivity index (χ1v) is 7.47. The average molecular weight is 278 g/mol. The summed E-state index contributed by atoms with van der Waals surface area (Å²) in [6, 6.07) is 0. The Kier molecular flexibility index (Phi) is 10.0. The van der Waals surface area contributed by atoms with Crippen LogP contribution >= 0.6 is 0 Å². The number of rotatable bonds is 10. The highest BCUT2D eigenvalue weighted by Crippen LogP contribution is 2.14. The molecule has 1 unspecified atom stereocenters. The molecule has 20 heavy (non-hydrogen) atoms. The number of aliphatic hydroxyl groups is 1. The predicted molar refractivity (Wildman–Crippen MR) is 86.7 cm³/mol. The van der Waals surface area contributed by atoms with Gasteiger partial charge in [-0.3, -0.25) is 0 Å². The van der Waals surface area contributed by atoms with E-state index in [1.54, 1.807) is 6.92 Å². The van der Waals surface area contributed by atoms with Crippen LogP contribution in [0, 0.1) is 0 Å². The SMILES string of the molecule is C=C(C)C(O)CC/C(C)=C/CC/C(C)=C/CCC(C)=O. The van der Waals surface area contributed by atoms with Gasteiger partial charge in [0.25, 0.3) is 0 Å². The third-order valence-electron chi connectivity index (χ3n) is 3.40. The Morgan fingerprint density at radius 1 is 1.00 bits per heavy atom. The molecule has 0 radical (unpaired) electrons. The molecule has 0 aromatic heterocycles. The van der Waals surface area contributed by atoms with E-state index in [4.69, 9.17) is 0 Å². The summed E-state index contributed by atoms with van der Waals surface area (Å²) in [5.74, 6) is 0.251. The van der Waals surface area contributed by atoms with Crippen LogP contribution < -0.4 is 0 Å². The van der Waals surface area contributed by atoms with Gasteiger partial charge in [-0.05, 0) is 59.8 Å². The minimum Gasteiger partial charge on any atom is -0.389 e. The minimum absolute atomic E-state index is 0.251. The zero-order valence-electron chi connectivity index (χ0n) is 13.5. The van der Waals surface area contributed by atoms with Crippen molar-refractivity contribution in [2.75, 3.05) is 0 Å². The number of allylic oxidation sites excluding steroid dienone is 4. The maximum absolute atomic E-state index is 10.8. The molecule has 0 saturated carbocycles. The zero-order chi connectivity index (χ0) is 15.5. The summed E-state index contributed by atoms with van der Waals surface area (Å²) in [5.41, 5.74) is 3.50. The van der Waals surface area contributed by atoms with Gasteiger partial charge in [0.05, 0.1) is 6.10 Å². The fourth-order valence-corrected chi connectivity index (χ4v) is 1.88. The third kappa shape index (κ3) is 10.7. The molecule has 0 aliphatic rings. The van der Waals surface area contributed by atoms with Crippen LogP contribution in [-0.4, -0.2) is 17.0 Å². The highest BCUT2D eigenvalue weighted by Gasteiger charge is 2.03. The topological polar surface area (TPSA) is 37.3 Å². The molecule has 0 amide bonds. The molecule has 0 aliphatic carbocycles. The molecule has 0 bridgehead atoms. The molecule has 0 aliphatic heterocycles. The van der Waals surface area contributed by atoms with Gasteiger partial charge in [-0.25, -0.2) is 0 Å². The standard InChI is InChI=1S/C18H30O2/c1-14(2)18(20)13-12-16(4)9-6-8-15(3)10-7-11-17(5)19/h9-10,18,20H,1,6-8,11-13H2,2-5H3/b15-10+,16-9+. The summed E-state index contributed by atoms with van der Waals surface area (Å²) in [6.07, 6.45) is 9.26. The fourth-order valence-electron chi connectivity index (χ4n) is 1.88.